The Bertz CT molecular complexity index is 743. The van der Waals surface area contributed by atoms with E-state index in [9.17, 15) is 22.8 Å². The predicted octanol–water partition coefficient (Wildman–Crippen LogP) is 0.314. The van der Waals surface area contributed by atoms with Gasteiger partial charge in [0.25, 0.3) is 0 Å². The molecule has 0 aliphatic carbocycles. The van der Waals surface area contributed by atoms with Gasteiger partial charge in [-0.05, 0) is 37.6 Å². The van der Waals surface area contributed by atoms with E-state index in [-0.39, 0.29) is 23.8 Å². The van der Waals surface area contributed by atoms with Crippen molar-refractivity contribution in [2.45, 2.75) is 19.4 Å². The smallest absolute Gasteiger partial charge is 0.315 e. The van der Waals surface area contributed by atoms with E-state index in [4.69, 9.17) is 0 Å². The molecule has 0 spiro atoms. The molecule has 0 radical (unpaired) electrons. The summed E-state index contributed by atoms with van der Waals surface area (Å²) in [5.41, 5.74) is 1.05. The van der Waals surface area contributed by atoms with Crippen LogP contribution >= 0.6 is 0 Å². The molecule has 9 heteroatoms. The largest absolute Gasteiger partial charge is 0.334 e. The summed E-state index contributed by atoms with van der Waals surface area (Å²) >= 11 is 0. The van der Waals surface area contributed by atoms with Gasteiger partial charge in [-0.25, -0.2) is 13.2 Å². The van der Waals surface area contributed by atoms with Crippen LogP contribution in [0.5, 0.6) is 0 Å². The van der Waals surface area contributed by atoms with Crippen LogP contribution in [0.4, 0.5) is 10.5 Å². The van der Waals surface area contributed by atoms with E-state index < -0.39 is 27.8 Å². The van der Waals surface area contributed by atoms with Gasteiger partial charge in [0.1, 0.15) is 0 Å². The van der Waals surface area contributed by atoms with Crippen molar-refractivity contribution in [3.8, 4) is 0 Å². The number of anilines is 1. The average Bonchev–Trinajstić information content (AvgIpc) is 2.84. The quantitative estimate of drug-likeness (QED) is 0.658. The van der Waals surface area contributed by atoms with E-state index in [1.54, 1.807) is 24.3 Å². The minimum absolute atomic E-state index is 0.0642. The standard InChI is InChI=1S/C15H19N3O5S/c1-10(19)11-2-4-12(5-3-11)17-14(20)8-16-15(21)18-13-6-7-24(22,23)9-13/h2-5,13H,6-9H2,1H3,(H,17,20)(H2,16,18,21)/t13-/m1/s1. The maximum absolute atomic E-state index is 11.8. The van der Waals surface area contributed by atoms with Crippen molar-refractivity contribution in [3.05, 3.63) is 29.8 Å². The van der Waals surface area contributed by atoms with Crippen molar-refractivity contribution in [1.29, 1.82) is 0 Å². The SMILES string of the molecule is CC(=O)c1ccc(NC(=O)CNC(=O)N[C@@H]2CCS(=O)(=O)C2)cc1. The fraction of sp³-hybridized carbons (Fsp3) is 0.400. The van der Waals surface area contributed by atoms with Crippen LogP contribution in [0.2, 0.25) is 0 Å². The molecule has 1 fully saturated rings. The van der Waals surface area contributed by atoms with Gasteiger partial charge < -0.3 is 16.0 Å². The zero-order valence-electron chi connectivity index (χ0n) is 13.2. The van der Waals surface area contributed by atoms with E-state index >= 15 is 0 Å². The van der Waals surface area contributed by atoms with Gasteiger partial charge in [-0.3, -0.25) is 9.59 Å². The highest BCUT2D eigenvalue weighted by Gasteiger charge is 2.28. The highest BCUT2D eigenvalue weighted by molar-refractivity contribution is 7.91. The third-order valence-corrected chi connectivity index (χ3v) is 5.32. The Balaban J connectivity index is 1.74. The van der Waals surface area contributed by atoms with Crippen molar-refractivity contribution in [1.82, 2.24) is 10.6 Å². The number of carbonyl (C=O) groups is 3. The van der Waals surface area contributed by atoms with Crippen molar-refractivity contribution in [2.24, 2.45) is 0 Å². The summed E-state index contributed by atoms with van der Waals surface area (Å²) in [5.74, 6) is -0.510. The van der Waals surface area contributed by atoms with Crippen molar-refractivity contribution < 1.29 is 22.8 Å². The van der Waals surface area contributed by atoms with E-state index in [0.29, 0.717) is 17.7 Å². The first-order valence-electron chi connectivity index (χ1n) is 7.41. The van der Waals surface area contributed by atoms with Crippen LogP contribution in [0.25, 0.3) is 0 Å². The maximum Gasteiger partial charge on any atom is 0.315 e. The normalized spacial score (nSPS) is 18.6. The predicted molar refractivity (Wildman–Crippen MR) is 88.7 cm³/mol. The molecule has 0 bridgehead atoms. The lowest BCUT2D eigenvalue weighted by molar-refractivity contribution is -0.115. The number of carbonyl (C=O) groups excluding carboxylic acids is 3. The fourth-order valence-electron chi connectivity index (χ4n) is 2.30. The molecule has 2 rings (SSSR count). The summed E-state index contributed by atoms with van der Waals surface area (Å²) in [6.07, 6.45) is 0.379. The van der Waals surface area contributed by atoms with Crippen LogP contribution in [0.1, 0.15) is 23.7 Å². The number of hydrogen-bond acceptors (Lipinski definition) is 5. The Kier molecular flexibility index (Phi) is 5.55. The summed E-state index contributed by atoms with van der Waals surface area (Å²) < 4.78 is 22.6. The van der Waals surface area contributed by atoms with Gasteiger partial charge in [0.15, 0.2) is 15.6 Å². The van der Waals surface area contributed by atoms with Gasteiger partial charge in [0, 0.05) is 17.3 Å². The van der Waals surface area contributed by atoms with E-state index in [1.807, 2.05) is 0 Å². The summed E-state index contributed by atoms with van der Waals surface area (Å²) in [4.78, 5) is 34.6. The number of hydrogen-bond donors (Lipinski definition) is 3. The molecule has 8 nitrogen and oxygen atoms in total. The molecular weight excluding hydrogens is 334 g/mol. The number of nitrogens with one attached hydrogen (secondary N) is 3. The van der Waals surface area contributed by atoms with E-state index in [0.717, 1.165) is 0 Å². The number of rotatable bonds is 5. The van der Waals surface area contributed by atoms with Crippen LogP contribution in [0.15, 0.2) is 24.3 Å². The van der Waals surface area contributed by atoms with Crippen molar-refractivity contribution in [3.63, 3.8) is 0 Å². The van der Waals surface area contributed by atoms with Crippen molar-refractivity contribution in [2.75, 3.05) is 23.4 Å². The van der Waals surface area contributed by atoms with Crippen LogP contribution in [-0.2, 0) is 14.6 Å². The molecule has 1 aliphatic heterocycles. The van der Waals surface area contributed by atoms with E-state index in [1.165, 1.54) is 6.92 Å². The van der Waals surface area contributed by atoms with Gasteiger partial charge in [0.2, 0.25) is 5.91 Å². The minimum Gasteiger partial charge on any atom is -0.334 e. The first-order chi connectivity index (χ1) is 11.2. The molecule has 0 saturated carbocycles. The monoisotopic (exact) mass is 353 g/mol. The van der Waals surface area contributed by atoms with E-state index in [2.05, 4.69) is 16.0 Å². The average molecular weight is 353 g/mol. The van der Waals surface area contributed by atoms with Gasteiger partial charge in [-0.2, -0.15) is 0 Å². The molecule has 1 aromatic rings. The van der Waals surface area contributed by atoms with Crippen molar-refractivity contribution >= 4 is 33.2 Å². The number of amides is 3. The summed E-state index contributed by atoms with van der Waals surface area (Å²) in [6, 6.07) is 5.38. The molecule has 0 unspecified atom stereocenters. The van der Waals surface area contributed by atoms with Gasteiger partial charge >= 0.3 is 6.03 Å². The molecule has 3 N–H and O–H groups in total. The molecule has 1 aromatic carbocycles. The van der Waals surface area contributed by atoms with Gasteiger partial charge in [-0.1, -0.05) is 0 Å². The molecule has 1 heterocycles. The number of ketones is 1. The second-order valence-corrected chi connectivity index (χ2v) is 7.84. The maximum atomic E-state index is 11.8. The zero-order chi connectivity index (χ0) is 17.7. The number of sulfone groups is 1. The number of benzene rings is 1. The van der Waals surface area contributed by atoms with Crippen LogP contribution in [-0.4, -0.2) is 50.2 Å². The first kappa shape index (κ1) is 17.9. The Hall–Kier alpha value is -2.42. The lowest BCUT2D eigenvalue weighted by Gasteiger charge is -2.12. The highest BCUT2D eigenvalue weighted by Crippen LogP contribution is 2.11. The zero-order valence-corrected chi connectivity index (χ0v) is 14.0. The number of Topliss-reactive ketones (excluding diaryl/α,β-unsaturated/α-hetero) is 1. The Labute approximate surface area is 139 Å². The molecular formula is C15H19N3O5S. The molecule has 0 aromatic heterocycles. The lowest BCUT2D eigenvalue weighted by Crippen LogP contribution is -2.45. The summed E-state index contributed by atoms with van der Waals surface area (Å²) in [6.45, 7) is 1.20. The molecule has 3 amide bonds. The third kappa shape index (κ3) is 5.34. The van der Waals surface area contributed by atoms with Crippen LogP contribution < -0.4 is 16.0 Å². The minimum atomic E-state index is -3.07. The topological polar surface area (TPSA) is 121 Å². The second-order valence-electron chi connectivity index (χ2n) is 5.61. The van der Waals surface area contributed by atoms with Gasteiger partial charge in [-0.15, -0.1) is 0 Å². The van der Waals surface area contributed by atoms with Crippen LogP contribution in [0.3, 0.4) is 0 Å². The van der Waals surface area contributed by atoms with Crippen LogP contribution in [0, 0.1) is 0 Å². The third-order valence-electron chi connectivity index (χ3n) is 3.55. The lowest BCUT2D eigenvalue weighted by atomic mass is 10.1. The Morgan fingerprint density at radius 3 is 2.38 bits per heavy atom. The molecule has 24 heavy (non-hydrogen) atoms. The molecule has 1 saturated heterocycles. The second kappa shape index (κ2) is 7.43. The summed E-state index contributed by atoms with van der Waals surface area (Å²) in [7, 11) is -3.07. The van der Waals surface area contributed by atoms with Gasteiger partial charge in [0.05, 0.1) is 18.1 Å². The summed E-state index contributed by atoms with van der Waals surface area (Å²) in [5, 5.41) is 7.48. The highest BCUT2D eigenvalue weighted by atomic mass is 32.2. The Morgan fingerprint density at radius 2 is 1.83 bits per heavy atom. The molecule has 130 valence electrons. The Morgan fingerprint density at radius 1 is 1.17 bits per heavy atom. The number of urea groups is 1. The molecule has 1 atom stereocenters. The molecule has 1 aliphatic rings. The first-order valence-corrected chi connectivity index (χ1v) is 9.23. The fourth-order valence-corrected chi connectivity index (χ4v) is 3.97.